The van der Waals surface area contributed by atoms with Crippen LogP contribution in [0.5, 0.6) is 5.75 Å². The molecule has 0 saturated carbocycles. The van der Waals surface area contributed by atoms with Crippen molar-refractivity contribution in [3.63, 3.8) is 0 Å². The van der Waals surface area contributed by atoms with Crippen molar-refractivity contribution in [3.8, 4) is 5.75 Å². The van der Waals surface area contributed by atoms with Gasteiger partial charge in [0, 0.05) is 12.6 Å². The number of aromatic hydroxyl groups is 1. The number of hydrogen-bond acceptors (Lipinski definition) is 3. The molecule has 3 heteroatoms. The van der Waals surface area contributed by atoms with Gasteiger partial charge in [-0.15, -0.1) is 0 Å². The van der Waals surface area contributed by atoms with E-state index in [-0.39, 0.29) is 0 Å². The van der Waals surface area contributed by atoms with Gasteiger partial charge in [0.1, 0.15) is 5.75 Å². The third kappa shape index (κ3) is 2.70. The summed E-state index contributed by atoms with van der Waals surface area (Å²) < 4.78 is 0. The zero-order valence-corrected chi connectivity index (χ0v) is 12.7. The largest absolute Gasteiger partial charge is 0.508 e. The molecule has 1 aromatic rings. The molecule has 0 bridgehead atoms. The second-order valence-electron chi connectivity index (χ2n) is 6.93. The normalized spacial score (nSPS) is 25.6. The number of phenols is 1. The second-order valence-corrected chi connectivity index (χ2v) is 6.93. The van der Waals surface area contributed by atoms with E-state index in [0.29, 0.717) is 17.2 Å². The van der Waals surface area contributed by atoms with E-state index in [1.807, 2.05) is 6.07 Å². The topological polar surface area (TPSA) is 35.5 Å². The first kappa shape index (κ1) is 13.9. The Morgan fingerprint density at radius 3 is 2.85 bits per heavy atom. The monoisotopic (exact) mass is 274 g/mol. The maximum atomic E-state index is 9.91. The minimum absolute atomic E-state index is 0.423. The fraction of sp³-hybridized carbons (Fsp3) is 0.647. The SMILES string of the molecule is CN1CCC(C)(CNC2CCc3c(O)cccc32)CC1. The summed E-state index contributed by atoms with van der Waals surface area (Å²) in [6.45, 7) is 5.91. The lowest BCUT2D eigenvalue weighted by Gasteiger charge is -2.38. The highest BCUT2D eigenvalue weighted by Gasteiger charge is 2.31. The molecule has 1 aromatic carbocycles. The van der Waals surface area contributed by atoms with Crippen LogP contribution < -0.4 is 5.32 Å². The molecule has 3 rings (SSSR count). The van der Waals surface area contributed by atoms with Crippen LogP contribution in [0.3, 0.4) is 0 Å². The average Bonchev–Trinajstić information content (AvgIpc) is 2.85. The Morgan fingerprint density at radius 1 is 1.35 bits per heavy atom. The first-order valence-corrected chi connectivity index (χ1v) is 7.80. The van der Waals surface area contributed by atoms with Gasteiger partial charge in [0.15, 0.2) is 0 Å². The van der Waals surface area contributed by atoms with Gasteiger partial charge in [-0.1, -0.05) is 19.1 Å². The fourth-order valence-corrected chi connectivity index (χ4v) is 3.55. The maximum absolute atomic E-state index is 9.91. The van der Waals surface area contributed by atoms with Gasteiger partial charge in [-0.05, 0) is 68.4 Å². The summed E-state index contributed by atoms with van der Waals surface area (Å²) in [6.07, 6.45) is 4.66. The zero-order valence-electron chi connectivity index (χ0n) is 12.7. The first-order chi connectivity index (χ1) is 9.57. The molecule has 0 spiro atoms. The molecule has 1 saturated heterocycles. The Morgan fingerprint density at radius 2 is 2.10 bits per heavy atom. The van der Waals surface area contributed by atoms with Crippen LogP contribution in [-0.4, -0.2) is 36.7 Å². The lowest BCUT2D eigenvalue weighted by molar-refractivity contribution is 0.133. The number of likely N-dealkylation sites (tertiary alicyclic amines) is 1. The van der Waals surface area contributed by atoms with Crippen LogP contribution in [0.1, 0.15) is 43.4 Å². The molecule has 2 aliphatic rings. The van der Waals surface area contributed by atoms with E-state index >= 15 is 0 Å². The molecule has 1 heterocycles. The van der Waals surface area contributed by atoms with Crippen LogP contribution >= 0.6 is 0 Å². The molecular weight excluding hydrogens is 248 g/mol. The molecule has 20 heavy (non-hydrogen) atoms. The van der Waals surface area contributed by atoms with E-state index in [2.05, 4.69) is 30.3 Å². The van der Waals surface area contributed by atoms with E-state index in [0.717, 1.165) is 24.9 Å². The second kappa shape index (κ2) is 5.38. The minimum atomic E-state index is 0.423. The molecule has 1 aliphatic heterocycles. The molecule has 0 aromatic heterocycles. The van der Waals surface area contributed by atoms with Gasteiger partial charge in [-0.3, -0.25) is 0 Å². The average molecular weight is 274 g/mol. The summed E-state index contributed by atoms with van der Waals surface area (Å²) in [5.41, 5.74) is 2.88. The quantitative estimate of drug-likeness (QED) is 0.889. The van der Waals surface area contributed by atoms with E-state index in [4.69, 9.17) is 0 Å². The molecule has 0 amide bonds. The van der Waals surface area contributed by atoms with E-state index < -0.39 is 0 Å². The van der Waals surface area contributed by atoms with Crippen molar-refractivity contribution in [2.75, 3.05) is 26.7 Å². The van der Waals surface area contributed by atoms with Crippen molar-refractivity contribution < 1.29 is 5.11 Å². The number of rotatable bonds is 3. The van der Waals surface area contributed by atoms with Gasteiger partial charge in [0.05, 0.1) is 0 Å². The third-order valence-electron chi connectivity index (χ3n) is 5.22. The predicted molar refractivity (Wildman–Crippen MR) is 82.0 cm³/mol. The molecule has 3 nitrogen and oxygen atoms in total. The van der Waals surface area contributed by atoms with Gasteiger partial charge in [0.25, 0.3) is 0 Å². The summed E-state index contributed by atoms with van der Waals surface area (Å²) in [7, 11) is 2.21. The van der Waals surface area contributed by atoms with Crippen molar-refractivity contribution in [1.82, 2.24) is 10.2 Å². The predicted octanol–water partition coefficient (Wildman–Crippen LogP) is 2.70. The van der Waals surface area contributed by atoms with Gasteiger partial charge < -0.3 is 15.3 Å². The molecule has 1 fully saturated rings. The Bertz CT molecular complexity index is 478. The van der Waals surface area contributed by atoms with Gasteiger partial charge in [-0.25, -0.2) is 0 Å². The highest BCUT2D eigenvalue weighted by atomic mass is 16.3. The summed E-state index contributed by atoms with van der Waals surface area (Å²) in [4.78, 5) is 2.42. The Kier molecular flexibility index (Phi) is 3.74. The summed E-state index contributed by atoms with van der Waals surface area (Å²) in [6, 6.07) is 6.36. The molecule has 110 valence electrons. The van der Waals surface area contributed by atoms with Crippen molar-refractivity contribution in [1.29, 1.82) is 0 Å². The Hall–Kier alpha value is -1.06. The van der Waals surface area contributed by atoms with Crippen LogP contribution in [0, 0.1) is 5.41 Å². The van der Waals surface area contributed by atoms with Gasteiger partial charge in [0.2, 0.25) is 0 Å². The van der Waals surface area contributed by atoms with Gasteiger partial charge >= 0.3 is 0 Å². The number of nitrogens with zero attached hydrogens (tertiary/aromatic N) is 1. The van der Waals surface area contributed by atoms with Crippen LogP contribution in [0.25, 0.3) is 0 Å². The van der Waals surface area contributed by atoms with Crippen LogP contribution in [0.2, 0.25) is 0 Å². The van der Waals surface area contributed by atoms with Crippen LogP contribution in [-0.2, 0) is 6.42 Å². The molecular formula is C17H26N2O. The zero-order chi connectivity index (χ0) is 14.2. The maximum Gasteiger partial charge on any atom is 0.119 e. The number of fused-ring (bicyclic) bond motifs is 1. The number of hydrogen-bond donors (Lipinski definition) is 2. The minimum Gasteiger partial charge on any atom is -0.508 e. The summed E-state index contributed by atoms with van der Waals surface area (Å²) in [5.74, 6) is 0.470. The van der Waals surface area contributed by atoms with Crippen molar-refractivity contribution in [2.45, 2.75) is 38.6 Å². The lowest BCUT2D eigenvalue weighted by atomic mass is 9.80. The molecule has 1 aliphatic carbocycles. The van der Waals surface area contributed by atoms with Crippen molar-refractivity contribution >= 4 is 0 Å². The first-order valence-electron chi connectivity index (χ1n) is 7.80. The smallest absolute Gasteiger partial charge is 0.119 e. The lowest BCUT2D eigenvalue weighted by Crippen LogP contribution is -2.42. The van der Waals surface area contributed by atoms with Crippen LogP contribution in [0.15, 0.2) is 18.2 Å². The number of piperidine rings is 1. The molecule has 0 radical (unpaired) electrons. The number of nitrogens with one attached hydrogen (secondary N) is 1. The van der Waals surface area contributed by atoms with E-state index in [1.165, 1.54) is 31.5 Å². The van der Waals surface area contributed by atoms with Crippen LogP contribution in [0.4, 0.5) is 0 Å². The number of phenolic OH excluding ortho intramolecular Hbond substituents is 1. The van der Waals surface area contributed by atoms with E-state index in [1.54, 1.807) is 6.07 Å². The fourth-order valence-electron chi connectivity index (χ4n) is 3.55. The molecule has 1 atom stereocenters. The molecule has 1 unspecified atom stereocenters. The van der Waals surface area contributed by atoms with Crippen molar-refractivity contribution in [3.05, 3.63) is 29.3 Å². The summed E-state index contributed by atoms with van der Waals surface area (Å²) in [5, 5.41) is 13.7. The number of benzene rings is 1. The highest BCUT2D eigenvalue weighted by Crippen LogP contribution is 2.37. The Labute approximate surface area is 122 Å². The van der Waals surface area contributed by atoms with Gasteiger partial charge in [-0.2, -0.15) is 0 Å². The standard InChI is InChI=1S/C17H26N2O/c1-17(8-10-19(2)11-9-17)12-18-15-7-6-14-13(15)4-3-5-16(14)20/h3-5,15,18,20H,6-12H2,1-2H3. The van der Waals surface area contributed by atoms with Crippen molar-refractivity contribution in [2.24, 2.45) is 5.41 Å². The summed E-state index contributed by atoms with van der Waals surface area (Å²) >= 11 is 0. The molecule has 2 N–H and O–H groups in total. The van der Waals surface area contributed by atoms with E-state index in [9.17, 15) is 5.11 Å². The Balaban J connectivity index is 1.62. The third-order valence-corrected chi connectivity index (χ3v) is 5.22. The highest BCUT2D eigenvalue weighted by molar-refractivity contribution is 5.44.